The summed E-state index contributed by atoms with van der Waals surface area (Å²) in [7, 11) is -3.62. The Morgan fingerprint density at radius 1 is 1.29 bits per heavy atom. The second kappa shape index (κ2) is 5.35. The molecule has 1 aliphatic carbocycles. The molecule has 0 radical (unpaired) electrons. The zero-order valence-electron chi connectivity index (χ0n) is 11.3. The molecular formula is C15H14N2O3S. The van der Waals surface area contributed by atoms with Gasteiger partial charge < -0.3 is 4.42 Å². The van der Waals surface area contributed by atoms with Gasteiger partial charge in [0.25, 0.3) is 0 Å². The molecule has 0 atom stereocenters. The van der Waals surface area contributed by atoms with Gasteiger partial charge in [0.1, 0.15) is 5.76 Å². The van der Waals surface area contributed by atoms with Crippen molar-refractivity contribution in [2.75, 3.05) is 0 Å². The molecule has 0 N–H and O–H groups in total. The molecular weight excluding hydrogens is 288 g/mol. The Labute approximate surface area is 123 Å². The highest BCUT2D eigenvalue weighted by Gasteiger charge is 2.38. The van der Waals surface area contributed by atoms with E-state index in [1.54, 1.807) is 24.3 Å². The van der Waals surface area contributed by atoms with Gasteiger partial charge in [-0.15, -0.1) is 0 Å². The Morgan fingerprint density at radius 2 is 2.10 bits per heavy atom. The van der Waals surface area contributed by atoms with Crippen LogP contribution in [0.2, 0.25) is 0 Å². The van der Waals surface area contributed by atoms with Gasteiger partial charge >= 0.3 is 0 Å². The van der Waals surface area contributed by atoms with Crippen molar-refractivity contribution in [3.05, 3.63) is 54.0 Å². The molecule has 1 saturated carbocycles. The molecule has 1 aromatic carbocycles. The number of benzene rings is 1. The Bertz CT molecular complexity index is 772. The Balaban J connectivity index is 1.95. The molecule has 1 aliphatic rings. The van der Waals surface area contributed by atoms with Gasteiger partial charge in [0.2, 0.25) is 10.0 Å². The monoisotopic (exact) mass is 302 g/mol. The van der Waals surface area contributed by atoms with Crippen LogP contribution in [0.5, 0.6) is 0 Å². The topological polar surface area (TPSA) is 74.3 Å². The van der Waals surface area contributed by atoms with Gasteiger partial charge in [0.05, 0.1) is 29.3 Å². The molecule has 6 heteroatoms. The second-order valence-corrected chi connectivity index (χ2v) is 6.89. The van der Waals surface area contributed by atoms with Gasteiger partial charge in [0, 0.05) is 6.04 Å². The third-order valence-electron chi connectivity index (χ3n) is 3.42. The minimum atomic E-state index is -3.62. The maximum atomic E-state index is 12.8. The Morgan fingerprint density at radius 3 is 2.71 bits per heavy atom. The van der Waals surface area contributed by atoms with E-state index in [1.165, 1.54) is 22.7 Å². The standard InChI is InChI=1S/C15H14N2O3S/c16-10-12-3-1-5-15(9-12)21(18,19)17(13-6-7-13)11-14-4-2-8-20-14/h1-5,8-9,13H,6-7,11H2. The molecule has 0 bridgehead atoms. The molecule has 1 heterocycles. The third kappa shape index (κ3) is 2.84. The Hall–Kier alpha value is -2.10. The summed E-state index contributed by atoms with van der Waals surface area (Å²) < 4.78 is 32.3. The summed E-state index contributed by atoms with van der Waals surface area (Å²) >= 11 is 0. The van der Waals surface area contributed by atoms with Crippen LogP contribution in [0.3, 0.4) is 0 Å². The van der Waals surface area contributed by atoms with E-state index >= 15 is 0 Å². The van der Waals surface area contributed by atoms with E-state index in [0.717, 1.165) is 12.8 Å². The van der Waals surface area contributed by atoms with Gasteiger partial charge in [-0.2, -0.15) is 9.57 Å². The molecule has 5 nitrogen and oxygen atoms in total. The lowest BCUT2D eigenvalue weighted by atomic mass is 10.2. The summed E-state index contributed by atoms with van der Waals surface area (Å²) in [6.07, 6.45) is 3.25. The van der Waals surface area contributed by atoms with Crippen LogP contribution in [0.25, 0.3) is 0 Å². The number of hydrogen-bond donors (Lipinski definition) is 0. The molecule has 3 rings (SSSR count). The summed E-state index contributed by atoms with van der Waals surface area (Å²) in [6, 6.07) is 11.6. The quantitative estimate of drug-likeness (QED) is 0.850. The minimum Gasteiger partial charge on any atom is -0.468 e. The summed E-state index contributed by atoms with van der Waals surface area (Å²) in [6.45, 7) is 0.219. The van der Waals surface area contributed by atoms with Crippen molar-refractivity contribution in [1.82, 2.24) is 4.31 Å². The molecule has 0 spiro atoms. The summed E-state index contributed by atoms with van der Waals surface area (Å²) in [5.74, 6) is 0.613. The summed E-state index contributed by atoms with van der Waals surface area (Å²) in [5, 5.41) is 8.92. The Kier molecular flexibility index (Phi) is 3.53. The summed E-state index contributed by atoms with van der Waals surface area (Å²) in [4.78, 5) is 0.153. The van der Waals surface area contributed by atoms with Gasteiger partial charge in [0.15, 0.2) is 0 Å². The molecule has 0 saturated heterocycles. The van der Waals surface area contributed by atoms with E-state index in [4.69, 9.17) is 9.68 Å². The van der Waals surface area contributed by atoms with E-state index in [-0.39, 0.29) is 17.5 Å². The van der Waals surface area contributed by atoms with Crippen LogP contribution in [0.4, 0.5) is 0 Å². The average Bonchev–Trinajstić information content (AvgIpc) is 3.20. The van der Waals surface area contributed by atoms with Crippen molar-refractivity contribution >= 4 is 10.0 Å². The van der Waals surface area contributed by atoms with Crippen molar-refractivity contribution in [2.24, 2.45) is 0 Å². The molecule has 1 aromatic heterocycles. The first-order valence-corrected chi connectivity index (χ1v) is 8.09. The highest BCUT2D eigenvalue weighted by atomic mass is 32.2. The van der Waals surface area contributed by atoms with Crippen LogP contribution in [0.1, 0.15) is 24.2 Å². The normalized spacial score (nSPS) is 15.0. The highest BCUT2D eigenvalue weighted by Crippen LogP contribution is 2.33. The van der Waals surface area contributed by atoms with Crippen LogP contribution in [0.15, 0.2) is 52.0 Å². The fraction of sp³-hybridized carbons (Fsp3) is 0.267. The fourth-order valence-electron chi connectivity index (χ4n) is 2.19. The van der Waals surface area contributed by atoms with E-state index in [2.05, 4.69) is 0 Å². The average molecular weight is 302 g/mol. The summed E-state index contributed by atoms with van der Waals surface area (Å²) in [5.41, 5.74) is 0.338. The number of sulfonamides is 1. The van der Waals surface area contributed by atoms with E-state index in [0.29, 0.717) is 11.3 Å². The smallest absolute Gasteiger partial charge is 0.243 e. The number of nitrogens with zero attached hydrogens (tertiary/aromatic N) is 2. The highest BCUT2D eigenvalue weighted by molar-refractivity contribution is 7.89. The number of hydrogen-bond acceptors (Lipinski definition) is 4. The molecule has 21 heavy (non-hydrogen) atoms. The van der Waals surface area contributed by atoms with Gasteiger partial charge in [-0.1, -0.05) is 6.07 Å². The first kappa shape index (κ1) is 13.9. The van der Waals surface area contributed by atoms with Crippen LogP contribution in [-0.2, 0) is 16.6 Å². The van der Waals surface area contributed by atoms with Crippen molar-refractivity contribution in [1.29, 1.82) is 5.26 Å². The van der Waals surface area contributed by atoms with Crippen LogP contribution in [-0.4, -0.2) is 18.8 Å². The van der Waals surface area contributed by atoms with Crippen molar-refractivity contribution in [2.45, 2.75) is 30.3 Å². The SMILES string of the molecule is N#Cc1cccc(S(=O)(=O)N(Cc2ccco2)C2CC2)c1. The number of nitriles is 1. The van der Waals surface area contributed by atoms with Gasteiger partial charge in [-0.25, -0.2) is 8.42 Å². The number of rotatable bonds is 5. The number of furan rings is 1. The first-order valence-electron chi connectivity index (χ1n) is 6.65. The van der Waals surface area contributed by atoms with E-state index in [1.807, 2.05) is 6.07 Å². The zero-order valence-corrected chi connectivity index (χ0v) is 12.1. The lowest BCUT2D eigenvalue weighted by molar-refractivity contribution is 0.356. The maximum Gasteiger partial charge on any atom is 0.243 e. The second-order valence-electron chi connectivity index (χ2n) is 5.00. The van der Waals surface area contributed by atoms with Crippen LogP contribution < -0.4 is 0 Å². The molecule has 0 unspecified atom stereocenters. The van der Waals surface area contributed by atoms with Crippen LogP contribution in [0, 0.1) is 11.3 Å². The predicted molar refractivity (Wildman–Crippen MR) is 75.6 cm³/mol. The first-order chi connectivity index (χ1) is 10.1. The molecule has 1 fully saturated rings. The van der Waals surface area contributed by atoms with Crippen molar-refractivity contribution in [3.63, 3.8) is 0 Å². The minimum absolute atomic E-state index is 0.0193. The molecule has 0 aliphatic heterocycles. The lowest BCUT2D eigenvalue weighted by Crippen LogP contribution is -2.32. The maximum absolute atomic E-state index is 12.8. The van der Waals surface area contributed by atoms with Crippen molar-refractivity contribution < 1.29 is 12.8 Å². The van der Waals surface area contributed by atoms with Gasteiger partial charge in [-0.05, 0) is 43.2 Å². The largest absolute Gasteiger partial charge is 0.468 e. The van der Waals surface area contributed by atoms with Crippen molar-refractivity contribution in [3.8, 4) is 6.07 Å². The zero-order chi connectivity index (χ0) is 14.9. The third-order valence-corrected chi connectivity index (χ3v) is 5.31. The molecule has 0 amide bonds. The van der Waals surface area contributed by atoms with Gasteiger partial charge in [-0.3, -0.25) is 0 Å². The fourth-order valence-corrected chi connectivity index (χ4v) is 3.89. The molecule has 2 aromatic rings. The van der Waals surface area contributed by atoms with Crippen LogP contribution >= 0.6 is 0 Å². The predicted octanol–water partition coefficient (Wildman–Crippen LogP) is 2.50. The molecule has 108 valence electrons. The van der Waals surface area contributed by atoms with E-state index in [9.17, 15) is 8.42 Å². The lowest BCUT2D eigenvalue weighted by Gasteiger charge is -2.20. The van der Waals surface area contributed by atoms with E-state index < -0.39 is 10.0 Å².